The van der Waals surface area contributed by atoms with E-state index in [2.05, 4.69) is 10.3 Å². The van der Waals surface area contributed by atoms with Crippen LogP contribution in [0.25, 0.3) is 16.9 Å². The minimum absolute atomic E-state index is 0.0643. The fraction of sp³-hybridized carbons (Fsp3) is 0.118. The van der Waals surface area contributed by atoms with Crippen molar-refractivity contribution >= 4 is 11.5 Å². The first-order valence-corrected chi connectivity index (χ1v) is 7.39. The Hall–Kier alpha value is -3.36. The van der Waals surface area contributed by atoms with Gasteiger partial charge in [0.15, 0.2) is 11.5 Å². The first-order valence-electron chi connectivity index (χ1n) is 7.39. The standard InChI is InChI=1S/C17H13F3N4O2/c1-26-13-8-2-10(3-9-13)14-15(23-25)16(21)24(22-14)12-6-4-11(5-7-12)17(18,19)20/h2-9H,21H2,1H3. The van der Waals surface area contributed by atoms with E-state index in [1.165, 1.54) is 23.9 Å². The summed E-state index contributed by atoms with van der Waals surface area (Å²) in [6.07, 6.45) is -4.45. The topological polar surface area (TPSA) is 82.5 Å². The molecule has 1 heterocycles. The number of hydrogen-bond acceptors (Lipinski definition) is 5. The van der Waals surface area contributed by atoms with Crippen LogP contribution in [0.2, 0.25) is 0 Å². The maximum absolute atomic E-state index is 12.7. The quantitative estimate of drug-likeness (QED) is 0.691. The number of rotatable bonds is 4. The molecule has 0 atom stereocenters. The number of ether oxygens (including phenoxy) is 1. The molecule has 0 unspecified atom stereocenters. The number of anilines is 1. The number of aromatic nitrogens is 2. The average molecular weight is 362 g/mol. The van der Waals surface area contributed by atoms with Crippen molar-refractivity contribution in [1.82, 2.24) is 9.78 Å². The van der Waals surface area contributed by atoms with Crippen molar-refractivity contribution in [1.29, 1.82) is 0 Å². The van der Waals surface area contributed by atoms with E-state index in [0.717, 1.165) is 12.1 Å². The Morgan fingerprint density at radius 1 is 1.08 bits per heavy atom. The predicted octanol–water partition coefficient (Wildman–Crippen LogP) is 4.55. The number of nitrogens with zero attached hydrogens (tertiary/aromatic N) is 3. The van der Waals surface area contributed by atoms with Gasteiger partial charge >= 0.3 is 6.18 Å². The summed E-state index contributed by atoms with van der Waals surface area (Å²) in [5.74, 6) is 0.551. The highest BCUT2D eigenvalue weighted by molar-refractivity contribution is 5.81. The molecule has 0 saturated carbocycles. The summed E-state index contributed by atoms with van der Waals surface area (Å²) in [6.45, 7) is 0. The molecule has 3 rings (SSSR count). The van der Waals surface area contributed by atoms with Gasteiger partial charge in [0, 0.05) is 5.56 Å². The van der Waals surface area contributed by atoms with Gasteiger partial charge in [-0.15, -0.1) is 4.91 Å². The molecule has 2 aromatic carbocycles. The number of hydrogen-bond donors (Lipinski definition) is 1. The molecular weight excluding hydrogens is 349 g/mol. The number of methoxy groups -OCH3 is 1. The van der Waals surface area contributed by atoms with E-state index in [1.54, 1.807) is 24.3 Å². The van der Waals surface area contributed by atoms with Crippen LogP contribution >= 0.6 is 0 Å². The molecule has 0 spiro atoms. The molecule has 1 aromatic heterocycles. The van der Waals surface area contributed by atoms with E-state index in [1.807, 2.05) is 0 Å². The Morgan fingerprint density at radius 2 is 1.69 bits per heavy atom. The zero-order valence-corrected chi connectivity index (χ0v) is 13.5. The molecule has 0 fully saturated rings. The SMILES string of the molecule is COc1ccc(-c2nn(-c3ccc(C(F)(F)F)cc3)c(N)c2N=O)cc1. The number of nitrogen functional groups attached to an aromatic ring is 1. The third-order valence-corrected chi connectivity index (χ3v) is 3.79. The second kappa shape index (κ2) is 6.51. The number of alkyl halides is 3. The number of benzene rings is 2. The lowest BCUT2D eigenvalue weighted by Crippen LogP contribution is -2.06. The molecule has 9 heteroatoms. The first-order chi connectivity index (χ1) is 12.3. The molecule has 0 aliphatic rings. The van der Waals surface area contributed by atoms with E-state index in [9.17, 15) is 18.1 Å². The van der Waals surface area contributed by atoms with Crippen LogP contribution < -0.4 is 10.5 Å². The van der Waals surface area contributed by atoms with Crippen molar-refractivity contribution in [3.8, 4) is 22.7 Å². The largest absolute Gasteiger partial charge is 0.497 e. The highest BCUT2D eigenvalue weighted by atomic mass is 19.4. The van der Waals surface area contributed by atoms with Crippen molar-refractivity contribution in [2.24, 2.45) is 5.18 Å². The second-order valence-electron chi connectivity index (χ2n) is 5.36. The zero-order chi connectivity index (χ0) is 18.9. The van der Waals surface area contributed by atoms with Gasteiger partial charge in [-0.3, -0.25) is 0 Å². The molecule has 26 heavy (non-hydrogen) atoms. The van der Waals surface area contributed by atoms with Gasteiger partial charge in [-0.1, -0.05) is 0 Å². The van der Waals surface area contributed by atoms with Crippen molar-refractivity contribution in [3.63, 3.8) is 0 Å². The maximum atomic E-state index is 12.7. The average Bonchev–Trinajstić information content (AvgIpc) is 2.97. The van der Waals surface area contributed by atoms with Crippen LogP contribution in [0, 0.1) is 4.91 Å². The fourth-order valence-electron chi connectivity index (χ4n) is 2.44. The van der Waals surface area contributed by atoms with Gasteiger partial charge in [-0.2, -0.15) is 18.3 Å². The Morgan fingerprint density at radius 3 is 2.19 bits per heavy atom. The van der Waals surface area contributed by atoms with E-state index >= 15 is 0 Å². The van der Waals surface area contributed by atoms with Gasteiger partial charge in [0.25, 0.3) is 0 Å². The van der Waals surface area contributed by atoms with Gasteiger partial charge in [-0.25, -0.2) is 4.68 Å². The Bertz CT molecular complexity index is 932. The summed E-state index contributed by atoms with van der Waals surface area (Å²) in [5.41, 5.74) is 6.11. The third kappa shape index (κ3) is 3.10. The number of nitroso groups, excluding NO2 is 1. The molecular formula is C17H13F3N4O2. The molecule has 0 aliphatic heterocycles. The van der Waals surface area contributed by atoms with Crippen molar-refractivity contribution in [2.45, 2.75) is 6.18 Å². The van der Waals surface area contributed by atoms with Crippen LogP contribution in [0.5, 0.6) is 5.75 Å². The summed E-state index contributed by atoms with van der Waals surface area (Å²) in [5, 5.41) is 7.17. The molecule has 6 nitrogen and oxygen atoms in total. The lowest BCUT2D eigenvalue weighted by molar-refractivity contribution is -0.137. The summed E-state index contributed by atoms with van der Waals surface area (Å²) in [6, 6.07) is 11.0. The molecule has 0 aliphatic carbocycles. The van der Waals surface area contributed by atoms with Crippen molar-refractivity contribution in [3.05, 3.63) is 59.0 Å². The summed E-state index contributed by atoms with van der Waals surface area (Å²) < 4.78 is 44.3. The van der Waals surface area contributed by atoms with Crippen LogP contribution in [-0.4, -0.2) is 16.9 Å². The molecule has 134 valence electrons. The number of halogens is 3. The Kier molecular flexibility index (Phi) is 4.37. The van der Waals surface area contributed by atoms with Crippen LogP contribution in [0.15, 0.2) is 53.7 Å². The van der Waals surface area contributed by atoms with Crippen molar-refractivity contribution < 1.29 is 17.9 Å². The van der Waals surface area contributed by atoms with Gasteiger partial charge in [0.2, 0.25) is 0 Å². The molecule has 2 N–H and O–H groups in total. The van der Waals surface area contributed by atoms with E-state index < -0.39 is 11.7 Å². The Balaban J connectivity index is 2.06. The smallest absolute Gasteiger partial charge is 0.416 e. The van der Waals surface area contributed by atoms with Gasteiger partial charge in [0.1, 0.15) is 11.4 Å². The van der Waals surface area contributed by atoms with Gasteiger partial charge < -0.3 is 10.5 Å². The predicted molar refractivity (Wildman–Crippen MR) is 90.4 cm³/mol. The van der Waals surface area contributed by atoms with Gasteiger partial charge in [0.05, 0.1) is 18.4 Å². The van der Waals surface area contributed by atoms with E-state index in [0.29, 0.717) is 11.3 Å². The summed E-state index contributed by atoms with van der Waals surface area (Å²) in [4.78, 5) is 11.2. The van der Waals surface area contributed by atoms with Crippen LogP contribution in [0.1, 0.15) is 5.56 Å². The van der Waals surface area contributed by atoms with Crippen LogP contribution in [0.4, 0.5) is 24.7 Å². The maximum Gasteiger partial charge on any atom is 0.416 e. The lowest BCUT2D eigenvalue weighted by atomic mass is 10.1. The molecule has 0 saturated heterocycles. The summed E-state index contributed by atoms with van der Waals surface area (Å²) >= 11 is 0. The minimum Gasteiger partial charge on any atom is -0.497 e. The fourth-order valence-corrected chi connectivity index (χ4v) is 2.44. The van der Waals surface area contributed by atoms with Gasteiger partial charge in [-0.05, 0) is 53.7 Å². The van der Waals surface area contributed by atoms with E-state index in [4.69, 9.17) is 10.5 Å². The molecule has 0 amide bonds. The highest BCUT2D eigenvalue weighted by Gasteiger charge is 2.30. The Labute approximate surface area is 146 Å². The van der Waals surface area contributed by atoms with Crippen molar-refractivity contribution in [2.75, 3.05) is 12.8 Å². The molecule has 0 radical (unpaired) electrons. The zero-order valence-electron chi connectivity index (χ0n) is 13.5. The lowest BCUT2D eigenvalue weighted by Gasteiger charge is -2.08. The van der Waals surface area contributed by atoms with Crippen LogP contribution in [0.3, 0.4) is 0 Å². The number of nitrogens with two attached hydrogens (primary N) is 1. The first kappa shape index (κ1) is 17.5. The van der Waals surface area contributed by atoms with Crippen LogP contribution in [-0.2, 0) is 6.18 Å². The second-order valence-corrected chi connectivity index (χ2v) is 5.36. The van der Waals surface area contributed by atoms with E-state index in [-0.39, 0.29) is 22.9 Å². The molecule has 0 bridgehead atoms. The third-order valence-electron chi connectivity index (χ3n) is 3.79. The normalized spacial score (nSPS) is 11.4. The summed E-state index contributed by atoms with van der Waals surface area (Å²) in [7, 11) is 1.52. The monoisotopic (exact) mass is 362 g/mol. The highest BCUT2D eigenvalue weighted by Crippen LogP contribution is 2.37. The molecule has 3 aromatic rings. The minimum atomic E-state index is -4.45.